The summed E-state index contributed by atoms with van der Waals surface area (Å²) >= 11 is 0. The standard InChI is InChI=1S/C5H13O7P.Ni/c6-1-5(2-7,3-8)4-12-13(9,10)11;/h6-8H,1-4H2,(H2,9,10,11);/q;+2/p-2. The molecule has 0 rings (SSSR count). The molecular weight excluding hydrogens is 262 g/mol. The number of phosphoric ester groups is 1. The van der Waals surface area contributed by atoms with Gasteiger partial charge >= 0.3 is 16.5 Å². The molecule has 0 unspecified atom stereocenters. The summed E-state index contributed by atoms with van der Waals surface area (Å²) in [5, 5.41) is 26.0. The van der Waals surface area contributed by atoms with Crippen molar-refractivity contribution in [1.29, 1.82) is 0 Å². The van der Waals surface area contributed by atoms with Gasteiger partial charge in [0.05, 0.1) is 39.7 Å². The van der Waals surface area contributed by atoms with Crippen molar-refractivity contribution in [2.45, 2.75) is 0 Å². The van der Waals surface area contributed by atoms with E-state index >= 15 is 0 Å². The van der Waals surface area contributed by atoms with Crippen molar-refractivity contribution in [3.05, 3.63) is 0 Å². The van der Waals surface area contributed by atoms with Gasteiger partial charge in [-0.2, -0.15) is 0 Å². The molecule has 0 aliphatic heterocycles. The van der Waals surface area contributed by atoms with Crippen molar-refractivity contribution < 1.29 is 50.7 Å². The molecule has 0 saturated carbocycles. The van der Waals surface area contributed by atoms with E-state index in [9.17, 15) is 14.4 Å². The van der Waals surface area contributed by atoms with Crippen LogP contribution in [0.3, 0.4) is 0 Å². The van der Waals surface area contributed by atoms with Crippen LogP contribution in [0.5, 0.6) is 0 Å². The van der Waals surface area contributed by atoms with Gasteiger partial charge < -0.3 is 34.2 Å². The number of aliphatic hydroxyl groups excluding tert-OH is 3. The van der Waals surface area contributed by atoms with Crippen LogP contribution in [0.1, 0.15) is 0 Å². The van der Waals surface area contributed by atoms with Crippen LogP contribution in [0.15, 0.2) is 0 Å². The average Bonchev–Trinajstić information content (AvgIpc) is 2.06. The van der Waals surface area contributed by atoms with Crippen LogP contribution in [0, 0.1) is 5.41 Å². The fourth-order valence-electron chi connectivity index (χ4n) is 0.503. The van der Waals surface area contributed by atoms with E-state index < -0.39 is 39.7 Å². The molecule has 7 nitrogen and oxygen atoms in total. The van der Waals surface area contributed by atoms with Crippen molar-refractivity contribution in [2.75, 3.05) is 26.4 Å². The Morgan fingerprint density at radius 1 is 1.14 bits per heavy atom. The summed E-state index contributed by atoms with van der Waals surface area (Å²) in [5.41, 5.74) is -1.50. The Kier molecular flexibility index (Phi) is 8.30. The predicted molar refractivity (Wildman–Crippen MR) is 37.2 cm³/mol. The van der Waals surface area contributed by atoms with E-state index in [0.29, 0.717) is 0 Å². The summed E-state index contributed by atoms with van der Waals surface area (Å²) in [4.78, 5) is 20.1. The molecule has 0 radical (unpaired) electrons. The topological polar surface area (TPSA) is 133 Å². The summed E-state index contributed by atoms with van der Waals surface area (Å²) < 4.78 is 13.9. The van der Waals surface area contributed by atoms with Gasteiger partial charge in [-0.3, -0.25) is 0 Å². The van der Waals surface area contributed by atoms with Gasteiger partial charge in [0.25, 0.3) is 0 Å². The Morgan fingerprint density at radius 2 is 1.50 bits per heavy atom. The zero-order valence-electron chi connectivity index (χ0n) is 7.07. The summed E-state index contributed by atoms with van der Waals surface area (Å²) in [6.45, 7) is -2.78. The van der Waals surface area contributed by atoms with Crippen molar-refractivity contribution >= 4 is 7.82 Å². The first-order valence-electron chi connectivity index (χ1n) is 3.38. The molecule has 0 aromatic heterocycles. The normalized spacial score (nSPS) is 12.4. The van der Waals surface area contributed by atoms with Crippen molar-refractivity contribution in [3.63, 3.8) is 0 Å². The third-order valence-electron chi connectivity index (χ3n) is 1.54. The first-order valence-corrected chi connectivity index (χ1v) is 4.84. The van der Waals surface area contributed by atoms with Crippen molar-refractivity contribution in [1.82, 2.24) is 0 Å². The molecule has 3 N–H and O–H groups in total. The van der Waals surface area contributed by atoms with Crippen molar-refractivity contribution in [2.24, 2.45) is 5.41 Å². The molecule has 0 aromatic carbocycles. The van der Waals surface area contributed by atoms with Crippen LogP contribution < -0.4 is 9.79 Å². The van der Waals surface area contributed by atoms with Gasteiger partial charge in [-0.05, 0) is 0 Å². The maximum atomic E-state index is 10.0. The molecule has 0 atom stereocenters. The molecule has 0 spiro atoms. The van der Waals surface area contributed by atoms with Gasteiger partial charge in [-0.25, -0.2) is 0 Å². The van der Waals surface area contributed by atoms with Gasteiger partial charge in [-0.1, -0.05) is 0 Å². The first kappa shape index (κ1) is 16.9. The van der Waals surface area contributed by atoms with Gasteiger partial charge in [0.15, 0.2) is 0 Å². The second-order valence-electron chi connectivity index (χ2n) is 2.69. The average molecular weight is 273 g/mol. The minimum Gasteiger partial charge on any atom is -0.790 e. The summed E-state index contributed by atoms with van der Waals surface area (Å²) in [7, 11) is -5.14. The zero-order chi connectivity index (χ0) is 10.5. The van der Waals surface area contributed by atoms with E-state index in [1.165, 1.54) is 0 Å². The van der Waals surface area contributed by atoms with Gasteiger partial charge in [0.2, 0.25) is 0 Å². The molecule has 0 amide bonds. The molecule has 0 aliphatic carbocycles. The predicted octanol–water partition coefficient (Wildman–Crippen LogP) is -3.21. The molecular formula is C5H11NiO7P. The summed E-state index contributed by atoms with van der Waals surface area (Å²) in [5.74, 6) is 0. The van der Waals surface area contributed by atoms with Gasteiger partial charge in [-0.15, -0.1) is 0 Å². The fourth-order valence-corrected chi connectivity index (χ4v) is 0.935. The zero-order valence-corrected chi connectivity index (χ0v) is 8.95. The van der Waals surface area contributed by atoms with Crippen LogP contribution in [0.4, 0.5) is 0 Å². The van der Waals surface area contributed by atoms with Gasteiger partial charge in [0, 0.05) is 0 Å². The van der Waals surface area contributed by atoms with Gasteiger partial charge in [0.1, 0.15) is 0 Å². The summed E-state index contributed by atoms with van der Waals surface area (Å²) in [6.07, 6.45) is 0. The van der Waals surface area contributed by atoms with E-state index in [4.69, 9.17) is 15.3 Å². The Balaban J connectivity index is 0. The molecule has 9 heteroatoms. The number of hydrogen-bond donors (Lipinski definition) is 3. The van der Waals surface area contributed by atoms with Crippen LogP contribution in [-0.2, 0) is 25.6 Å². The van der Waals surface area contributed by atoms with E-state index in [-0.39, 0.29) is 16.5 Å². The third-order valence-corrected chi connectivity index (χ3v) is 1.98. The molecule has 14 heavy (non-hydrogen) atoms. The quantitative estimate of drug-likeness (QED) is 0.342. The van der Waals surface area contributed by atoms with Crippen molar-refractivity contribution in [3.8, 4) is 0 Å². The van der Waals surface area contributed by atoms with E-state index in [0.717, 1.165) is 0 Å². The molecule has 0 heterocycles. The van der Waals surface area contributed by atoms with E-state index in [2.05, 4.69) is 4.52 Å². The van der Waals surface area contributed by atoms with E-state index in [1.54, 1.807) is 0 Å². The second kappa shape index (κ2) is 6.87. The van der Waals surface area contributed by atoms with Crippen LogP contribution in [0.2, 0.25) is 0 Å². The smallest absolute Gasteiger partial charge is 0.790 e. The SMILES string of the molecule is O=P([O-])([O-])OCC(CO)(CO)CO.[Ni+2]. The third kappa shape index (κ3) is 6.06. The minimum absolute atomic E-state index is 0. The summed E-state index contributed by atoms with van der Waals surface area (Å²) in [6, 6.07) is 0. The fraction of sp³-hybridized carbons (Fsp3) is 1.00. The Morgan fingerprint density at radius 3 is 1.71 bits per heavy atom. The minimum atomic E-state index is -5.14. The van der Waals surface area contributed by atoms with Crippen LogP contribution in [0.25, 0.3) is 0 Å². The molecule has 88 valence electrons. The number of aliphatic hydroxyl groups is 3. The second-order valence-corrected chi connectivity index (χ2v) is 3.85. The number of rotatable bonds is 6. The monoisotopic (exact) mass is 272 g/mol. The molecule has 0 aliphatic rings. The Labute approximate surface area is 90.9 Å². The largest absolute Gasteiger partial charge is 2.00 e. The maximum absolute atomic E-state index is 10.0. The first-order chi connectivity index (χ1) is 5.89. The Bertz CT molecular complexity index is 180. The maximum Gasteiger partial charge on any atom is 2.00 e. The molecule has 0 fully saturated rings. The van der Waals surface area contributed by atoms with Crippen LogP contribution >= 0.6 is 7.82 Å². The van der Waals surface area contributed by atoms with E-state index in [1.807, 2.05) is 0 Å². The Hall–Kier alpha value is 0.484. The number of hydrogen-bond acceptors (Lipinski definition) is 7. The molecule has 0 aromatic rings. The van der Waals surface area contributed by atoms with Crippen LogP contribution in [-0.4, -0.2) is 41.7 Å². The molecule has 0 bridgehead atoms. The molecule has 0 saturated heterocycles. The number of phosphoric acid groups is 1.